The molecule has 31 heavy (non-hydrogen) atoms. The summed E-state index contributed by atoms with van der Waals surface area (Å²) in [4.78, 5) is 39.4. The highest BCUT2D eigenvalue weighted by atomic mass is 16.2. The minimum absolute atomic E-state index is 0.0190. The second-order valence-corrected chi connectivity index (χ2v) is 8.71. The van der Waals surface area contributed by atoms with Crippen molar-refractivity contribution in [3.8, 4) is 5.69 Å². The lowest BCUT2D eigenvalue weighted by Gasteiger charge is -2.35. The van der Waals surface area contributed by atoms with Gasteiger partial charge >= 0.3 is 6.03 Å². The molecule has 0 spiro atoms. The Morgan fingerprint density at radius 2 is 1.65 bits per heavy atom. The molecule has 6 nitrogen and oxygen atoms in total. The number of aryl methyl sites for hydroxylation is 3. The molecule has 2 aromatic rings. The maximum absolute atomic E-state index is 13.2. The van der Waals surface area contributed by atoms with E-state index in [0.29, 0.717) is 0 Å². The first-order valence-corrected chi connectivity index (χ1v) is 10.9. The first-order valence-electron chi connectivity index (χ1n) is 10.9. The summed E-state index contributed by atoms with van der Waals surface area (Å²) in [5.74, 6) is -1.12. The van der Waals surface area contributed by atoms with Crippen molar-refractivity contribution in [2.75, 3.05) is 0 Å². The summed E-state index contributed by atoms with van der Waals surface area (Å²) in [6, 6.07) is 7.53. The number of hydrogen-bond donors (Lipinski definition) is 1. The summed E-state index contributed by atoms with van der Waals surface area (Å²) in [6.07, 6.45) is 6.31. The lowest BCUT2D eigenvalue weighted by molar-refractivity contribution is -0.132. The van der Waals surface area contributed by atoms with E-state index in [1.165, 1.54) is 16.0 Å². The van der Waals surface area contributed by atoms with Gasteiger partial charge in [0.05, 0.1) is 0 Å². The van der Waals surface area contributed by atoms with Gasteiger partial charge in [-0.25, -0.2) is 4.79 Å². The van der Waals surface area contributed by atoms with Gasteiger partial charge in [0.25, 0.3) is 11.8 Å². The second-order valence-electron chi connectivity index (χ2n) is 8.71. The number of carbonyl (C=O) groups excluding carboxylic acids is 3. The largest absolute Gasteiger partial charge is 0.331 e. The summed E-state index contributed by atoms with van der Waals surface area (Å²) >= 11 is 0. The van der Waals surface area contributed by atoms with Crippen LogP contribution >= 0.6 is 0 Å². The Morgan fingerprint density at radius 1 is 0.935 bits per heavy atom. The third kappa shape index (κ3) is 3.82. The number of aromatic nitrogens is 1. The van der Waals surface area contributed by atoms with E-state index in [-0.39, 0.29) is 11.6 Å². The Labute approximate surface area is 182 Å². The minimum atomic E-state index is -0.627. The molecule has 1 saturated carbocycles. The van der Waals surface area contributed by atoms with Crippen LogP contribution in [-0.4, -0.2) is 33.4 Å². The summed E-state index contributed by atoms with van der Waals surface area (Å²) in [6.45, 7) is 8.14. The molecule has 2 heterocycles. The molecule has 1 aromatic carbocycles. The highest BCUT2D eigenvalue weighted by Crippen LogP contribution is 2.28. The first kappa shape index (κ1) is 21.1. The van der Waals surface area contributed by atoms with Crippen molar-refractivity contribution in [3.63, 3.8) is 0 Å². The fraction of sp³-hybridized carbons (Fsp3) is 0.400. The number of benzene rings is 1. The number of carbonyl (C=O) groups is 3. The molecule has 4 amide bonds. The number of imide groups is 2. The van der Waals surface area contributed by atoms with Gasteiger partial charge in [-0.2, -0.15) is 0 Å². The number of urea groups is 1. The summed E-state index contributed by atoms with van der Waals surface area (Å²) in [5, 5.41) is 2.37. The molecular formula is C25H29N3O3. The number of hydrogen-bond acceptors (Lipinski definition) is 3. The van der Waals surface area contributed by atoms with Crippen LogP contribution in [0.3, 0.4) is 0 Å². The predicted octanol–water partition coefficient (Wildman–Crippen LogP) is 4.51. The number of nitrogens with zero attached hydrogens (tertiary/aromatic N) is 2. The van der Waals surface area contributed by atoms with Crippen molar-refractivity contribution in [2.24, 2.45) is 0 Å². The Kier molecular flexibility index (Phi) is 5.56. The van der Waals surface area contributed by atoms with Gasteiger partial charge in [0.15, 0.2) is 0 Å². The van der Waals surface area contributed by atoms with Gasteiger partial charge in [-0.1, -0.05) is 25.3 Å². The number of nitrogens with one attached hydrogen (secondary N) is 1. The number of rotatable bonds is 3. The quantitative estimate of drug-likeness (QED) is 0.588. The third-order valence-electron chi connectivity index (χ3n) is 6.59. The fourth-order valence-electron chi connectivity index (χ4n) is 4.69. The zero-order valence-electron chi connectivity index (χ0n) is 18.6. The molecule has 2 fully saturated rings. The van der Waals surface area contributed by atoms with Crippen LogP contribution in [0.5, 0.6) is 0 Å². The highest BCUT2D eigenvalue weighted by Gasteiger charge is 2.40. The zero-order chi connectivity index (χ0) is 22.3. The lowest BCUT2D eigenvalue weighted by Crippen LogP contribution is -2.58. The van der Waals surface area contributed by atoms with Gasteiger partial charge in [0.1, 0.15) is 5.57 Å². The standard InChI is InChI=1S/C25H29N3O3/c1-15-10-11-21(12-16(15)2)27-17(3)13-19(18(27)4)14-22-23(29)26-25(31)28(24(22)30)20-8-6-5-7-9-20/h10-14,20H,5-9H2,1-4H3,(H,26,29,31)/b22-14+. The summed E-state index contributed by atoms with van der Waals surface area (Å²) in [5.41, 5.74) is 6.24. The average molecular weight is 420 g/mol. The normalized spacial score (nSPS) is 19.3. The van der Waals surface area contributed by atoms with Crippen LogP contribution in [0, 0.1) is 27.7 Å². The van der Waals surface area contributed by atoms with E-state index < -0.39 is 17.8 Å². The Hall–Kier alpha value is -3.15. The van der Waals surface area contributed by atoms with Crippen LogP contribution in [0.2, 0.25) is 0 Å². The predicted molar refractivity (Wildman–Crippen MR) is 120 cm³/mol. The van der Waals surface area contributed by atoms with E-state index in [0.717, 1.165) is 54.7 Å². The van der Waals surface area contributed by atoms with Crippen molar-refractivity contribution in [2.45, 2.75) is 65.8 Å². The van der Waals surface area contributed by atoms with Crippen LogP contribution in [0.4, 0.5) is 4.79 Å². The van der Waals surface area contributed by atoms with Crippen molar-refractivity contribution in [1.29, 1.82) is 0 Å². The van der Waals surface area contributed by atoms with Crippen LogP contribution in [0.25, 0.3) is 11.8 Å². The number of barbiturate groups is 1. The molecule has 0 radical (unpaired) electrons. The van der Waals surface area contributed by atoms with Crippen molar-refractivity contribution < 1.29 is 14.4 Å². The van der Waals surface area contributed by atoms with Gasteiger partial charge in [-0.05, 0) is 81.5 Å². The monoisotopic (exact) mass is 419 g/mol. The van der Waals surface area contributed by atoms with E-state index in [2.05, 4.69) is 41.9 Å². The molecule has 1 N–H and O–H groups in total. The highest BCUT2D eigenvalue weighted by molar-refractivity contribution is 6.31. The maximum Gasteiger partial charge on any atom is 0.331 e. The van der Waals surface area contributed by atoms with Crippen LogP contribution in [0.1, 0.15) is 60.2 Å². The van der Waals surface area contributed by atoms with E-state index in [4.69, 9.17) is 0 Å². The van der Waals surface area contributed by atoms with E-state index in [9.17, 15) is 14.4 Å². The van der Waals surface area contributed by atoms with Crippen molar-refractivity contribution >= 4 is 23.9 Å². The first-order chi connectivity index (χ1) is 14.8. The van der Waals surface area contributed by atoms with Gasteiger partial charge in [0.2, 0.25) is 0 Å². The Bertz CT molecular complexity index is 1100. The lowest BCUT2D eigenvalue weighted by atomic mass is 9.93. The van der Waals surface area contributed by atoms with Gasteiger partial charge < -0.3 is 4.57 Å². The fourth-order valence-corrected chi connectivity index (χ4v) is 4.69. The van der Waals surface area contributed by atoms with Gasteiger partial charge in [-0.3, -0.25) is 19.8 Å². The molecule has 1 aliphatic heterocycles. The van der Waals surface area contributed by atoms with E-state index >= 15 is 0 Å². The van der Waals surface area contributed by atoms with Crippen molar-refractivity contribution in [1.82, 2.24) is 14.8 Å². The molecule has 6 heteroatoms. The Balaban J connectivity index is 1.71. The molecule has 0 atom stereocenters. The van der Waals surface area contributed by atoms with Gasteiger partial charge in [-0.15, -0.1) is 0 Å². The zero-order valence-corrected chi connectivity index (χ0v) is 18.6. The van der Waals surface area contributed by atoms with E-state index in [1.54, 1.807) is 6.08 Å². The van der Waals surface area contributed by atoms with Crippen LogP contribution in [-0.2, 0) is 9.59 Å². The topological polar surface area (TPSA) is 71.4 Å². The van der Waals surface area contributed by atoms with Crippen molar-refractivity contribution in [3.05, 3.63) is 57.9 Å². The molecule has 1 saturated heterocycles. The molecule has 2 aliphatic rings. The number of amides is 4. The maximum atomic E-state index is 13.2. The smallest absolute Gasteiger partial charge is 0.318 e. The minimum Gasteiger partial charge on any atom is -0.318 e. The van der Waals surface area contributed by atoms with E-state index in [1.807, 2.05) is 19.9 Å². The molecule has 0 unspecified atom stereocenters. The molecule has 0 bridgehead atoms. The SMILES string of the molecule is Cc1ccc(-n2c(C)cc(/C=C3\C(=O)NC(=O)N(C4CCCCC4)C3=O)c2C)cc1C. The average Bonchev–Trinajstić information content (AvgIpc) is 3.01. The summed E-state index contributed by atoms with van der Waals surface area (Å²) in [7, 11) is 0. The van der Waals surface area contributed by atoms with Crippen LogP contribution < -0.4 is 5.32 Å². The third-order valence-corrected chi connectivity index (χ3v) is 6.59. The summed E-state index contributed by atoms with van der Waals surface area (Å²) < 4.78 is 2.12. The molecule has 162 valence electrons. The molecule has 1 aliphatic carbocycles. The molecule has 4 rings (SSSR count). The van der Waals surface area contributed by atoms with Gasteiger partial charge in [0, 0.05) is 23.1 Å². The molecule has 1 aromatic heterocycles. The Morgan fingerprint density at radius 3 is 2.32 bits per heavy atom. The molecular weight excluding hydrogens is 390 g/mol. The second kappa shape index (κ2) is 8.17. The van der Waals surface area contributed by atoms with Crippen LogP contribution in [0.15, 0.2) is 29.8 Å².